The molecule has 66 heavy (non-hydrogen) atoms. The van der Waals surface area contributed by atoms with Crippen molar-refractivity contribution in [1.29, 1.82) is 0 Å². The van der Waals surface area contributed by atoms with Crippen LogP contribution in [0.5, 0.6) is 0 Å². The molecule has 0 saturated carbocycles. The number of nitrogens with zero attached hydrogens (tertiary/aromatic N) is 4. The Kier molecular flexibility index (Phi) is 22.8. The molecule has 0 N–H and O–H groups in total. The maximum Gasteiger partial charge on any atom is 2.00 e. The fourth-order valence-corrected chi connectivity index (χ4v) is 6.23. The van der Waals surface area contributed by atoms with Crippen LogP contribution in [0.1, 0.15) is 19.8 Å². The summed E-state index contributed by atoms with van der Waals surface area (Å²) >= 11 is 0. The van der Waals surface area contributed by atoms with Crippen molar-refractivity contribution in [3.63, 3.8) is 0 Å². The van der Waals surface area contributed by atoms with Gasteiger partial charge in [-0.1, -0.05) is 13.3 Å². The molecule has 26 heteroatoms. The van der Waals surface area contributed by atoms with Crippen LogP contribution in [0.4, 0.5) is 87.8 Å². The second-order valence-electron chi connectivity index (χ2n) is 14.9. The molecular weight excluding hydrogens is 952 g/mol. The number of likely N-dealkylation sites (N-methyl/N-ethyl adjacent to an activating group) is 3. The quantitative estimate of drug-likeness (QED) is 0.0442. The molecule has 0 aromatic heterocycles. The van der Waals surface area contributed by atoms with Crippen LogP contribution >= 0.6 is 0 Å². The number of hydrogen-bond acceptors (Lipinski definition) is 4. The third-order valence-electron chi connectivity index (χ3n) is 9.65. The SMILES string of the molecule is CN(C)CCN(CCN(C)C)CCN(C)C.Fc1c(F)c(F)c([B-](c2c(F)c(F)c(F)c(F)c2F)(c2c(F)c(F)c(F)c(F)c2F)c2c(F)c(F)c(F)c(F)c2F)c(F)c1F.[CH2-]CCC.[Mg+2]. The molecule has 4 rings (SSSR count). The first kappa shape index (κ1) is 60.2. The van der Waals surface area contributed by atoms with Gasteiger partial charge in [0.2, 0.25) is 0 Å². The number of unbranched alkanes of at least 4 members (excludes halogenated alkanes) is 1. The number of hydrogen-bond donors (Lipinski definition) is 0. The van der Waals surface area contributed by atoms with Crippen molar-refractivity contribution in [2.24, 2.45) is 0 Å². The first-order valence-electron chi connectivity index (χ1n) is 18.7. The van der Waals surface area contributed by atoms with E-state index in [1.54, 1.807) is 0 Å². The van der Waals surface area contributed by atoms with Crippen LogP contribution in [0.2, 0.25) is 0 Å². The van der Waals surface area contributed by atoms with Gasteiger partial charge in [-0.25, -0.2) is 87.8 Å². The van der Waals surface area contributed by atoms with E-state index in [-0.39, 0.29) is 23.1 Å². The third-order valence-corrected chi connectivity index (χ3v) is 9.65. The second-order valence-corrected chi connectivity index (χ2v) is 14.9. The second kappa shape index (κ2) is 25.0. The van der Waals surface area contributed by atoms with Crippen molar-refractivity contribution >= 4 is 51.0 Å². The predicted molar refractivity (Wildman–Crippen MR) is 207 cm³/mol. The van der Waals surface area contributed by atoms with Crippen LogP contribution < -0.4 is 21.9 Å². The standard InChI is InChI=1S/C24BF20.C12H30N4.C4H9.Mg/c26-5-1(6(27)14(35)21(42)13(5)34)25(2-7(28)15(36)22(43)16(37)8(2)29,3-9(30)17(38)23(44)18(39)10(3)31)4-11(32)19(40)24(45)20(41)12(4)33;1-13(2)7-10-16(11-8-14(3)4)12-9-15(5)6;1-3-4-2;/h;7-12H2,1-6H3;1,3-4H2,2H3;/q-1;;-1;+2. The number of rotatable bonds is 14. The zero-order chi connectivity index (χ0) is 50.3. The Morgan fingerprint density at radius 2 is 0.439 bits per heavy atom. The summed E-state index contributed by atoms with van der Waals surface area (Å²) in [5.74, 6) is -71.4. The molecular formula is C40H39BF20MgN4. The molecule has 0 saturated heterocycles. The van der Waals surface area contributed by atoms with E-state index in [1.807, 2.05) is 0 Å². The average molecular weight is 991 g/mol. The molecule has 4 aromatic rings. The van der Waals surface area contributed by atoms with Gasteiger partial charge in [0.1, 0.15) is 52.7 Å². The largest absolute Gasteiger partial charge is 2.00 e. The van der Waals surface area contributed by atoms with E-state index in [0.717, 1.165) is 45.7 Å². The van der Waals surface area contributed by atoms with Gasteiger partial charge in [0.25, 0.3) is 0 Å². The van der Waals surface area contributed by atoms with Gasteiger partial charge in [0, 0.05) is 39.3 Å². The first-order chi connectivity index (χ1) is 30.0. The molecule has 0 spiro atoms. The van der Waals surface area contributed by atoms with E-state index >= 15 is 35.1 Å². The van der Waals surface area contributed by atoms with Crippen LogP contribution in [0.15, 0.2) is 0 Å². The van der Waals surface area contributed by atoms with Crippen molar-refractivity contribution in [3.05, 3.63) is 123 Å². The maximum atomic E-state index is 15.4. The summed E-state index contributed by atoms with van der Waals surface area (Å²) in [6, 6.07) is 0. The summed E-state index contributed by atoms with van der Waals surface area (Å²) in [7, 11) is 12.8. The predicted octanol–water partition coefficient (Wildman–Crippen LogP) is 7.06. The minimum atomic E-state index is -7.22. The van der Waals surface area contributed by atoms with Crippen LogP contribution in [0.3, 0.4) is 0 Å². The Balaban J connectivity index is 0.000000869. The molecule has 0 aliphatic heterocycles. The summed E-state index contributed by atoms with van der Waals surface area (Å²) in [5.41, 5.74) is -14.3. The summed E-state index contributed by atoms with van der Waals surface area (Å²) in [4.78, 5) is 9.29. The van der Waals surface area contributed by atoms with Crippen molar-refractivity contribution in [2.45, 2.75) is 19.8 Å². The van der Waals surface area contributed by atoms with E-state index in [4.69, 9.17) is 0 Å². The van der Waals surface area contributed by atoms with Gasteiger partial charge >= 0.3 is 23.1 Å². The van der Waals surface area contributed by atoms with Gasteiger partial charge < -0.3 is 21.6 Å². The molecule has 0 bridgehead atoms. The Morgan fingerprint density at radius 3 is 0.561 bits per heavy atom. The van der Waals surface area contributed by atoms with Crippen molar-refractivity contribution in [1.82, 2.24) is 19.6 Å². The molecule has 0 aliphatic carbocycles. The van der Waals surface area contributed by atoms with Gasteiger partial charge in [-0.05, 0) is 42.3 Å². The molecule has 0 atom stereocenters. The molecule has 0 fully saturated rings. The van der Waals surface area contributed by atoms with Crippen LogP contribution in [-0.4, -0.2) is 130 Å². The summed E-state index contributed by atoms with van der Waals surface area (Å²) in [5, 5.41) is 0. The van der Waals surface area contributed by atoms with Gasteiger partial charge in [-0.2, -0.15) is 6.42 Å². The van der Waals surface area contributed by atoms with Crippen molar-refractivity contribution in [3.8, 4) is 0 Å². The number of halogens is 20. The molecule has 4 nitrogen and oxygen atoms in total. The minimum Gasteiger partial charge on any atom is -0.343 e. The van der Waals surface area contributed by atoms with Crippen LogP contribution in [0, 0.1) is 123 Å². The zero-order valence-electron chi connectivity index (χ0n) is 36.0. The van der Waals surface area contributed by atoms with E-state index in [0.29, 0.717) is 0 Å². The summed E-state index contributed by atoms with van der Waals surface area (Å²) < 4.78 is 294. The van der Waals surface area contributed by atoms with Crippen LogP contribution in [-0.2, 0) is 0 Å². The smallest absolute Gasteiger partial charge is 0.343 e. The fraction of sp³-hybridized carbons (Fsp3) is 0.375. The Hall–Kier alpha value is -3.85. The van der Waals surface area contributed by atoms with E-state index in [9.17, 15) is 52.7 Å². The topological polar surface area (TPSA) is 13.0 Å². The summed E-state index contributed by atoms with van der Waals surface area (Å²) in [6.45, 7) is 12.6. The molecule has 364 valence electrons. The van der Waals surface area contributed by atoms with Crippen molar-refractivity contribution < 1.29 is 87.8 Å². The normalized spacial score (nSPS) is 11.6. The van der Waals surface area contributed by atoms with E-state index in [2.05, 4.69) is 75.7 Å². The maximum absolute atomic E-state index is 15.4. The molecule has 0 aliphatic rings. The first-order valence-corrected chi connectivity index (χ1v) is 18.7. The monoisotopic (exact) mass is 990 g/mol. The molecule has 4 aromatic carbocycles. The molecule has 0 amide bonds. The fourth-order valence-electron chi connectivity index (χ4n) is 6.23. The average Bonchev–Trinajstić information content (AvgIpc) is 3.26. The number of benzene rings is 4. The van der Waals surface area contributed by atoms with Crippen LogP contribution in [0.25, 0.3) is 0 Å². The molecule has 0 radical (unpaired) electrons. The van der Waals surface area contributed by atoms with Gasteiger partial charge in [0.15, 0.2) is 69.8 Å². The van der Waals surface area contributed by atoms with E-state index in [1.165, 1.54) is 6.42 Å². The molecule has 0 heterocycles. The van der Waals surface area contributed by atoms with Gasteiger partial charge in [0.05, 0.1) is 0 Å². The van der Waals surface area contributed by atoms with E-state index < -0.39 is 144 Å². The Labute approximate surface area is 382 Å². The summed E-state index contributed by atoms with van der Waals surface area (Å²) in [6.07, 6.45) is -4.94. The minimum absolute atomic E-state index is 0. The Bertz CT molecular complexity index is 1920. The van der Waals surface area contributed by atoms with Crippen molar-refractivity contribution in [2.75, 3.05) is 81.6 Å². The Morgan fingerprint density at radius 1 is 0.303 bits per heavy atom. The third kappa shape index (κ3) is 12.1. The van der Waals surface area contributed by atoms with Gasteiger partial charge in [-0.15, -0.1) is 21.9 Å². The zero-order valence-corrected chi connectivity index (χ0v) is 37.4. The van der Waals surface area contributed by atoms with Gasteiger partial charge in [-0.3, -0.25) is 4.90 Å². The molecule has 0 unspecified atom stereocenters.